The average Bonchev–Trinajstić information content (AvgIpc) is 1.85. The molecule has 0 aromatic carbocycles. The smallest absolute Gasteiger partial charge is 0.249 e. The second-order valence-electron chi connectivity index (χ2n) is 1.88. The average molecular weight is 112 g/mol. The highest BCUT2D eigenvalue weighted by Gasteiger charge is 2.17. The third-order valence-electron chi connectivity index (χ3n) is 1.07. The van der Waals surface area contributed by atoms with Crippen molar-refractivity contribution in [2.45, 2.75) is 19.9 Å². The van der Waals surface area contributed by atoms with Gasteiger partial charge in [0.2, 0.25) is 5.91 Å². The summed E-state index contributed by atoms with van der Waals surface area (Å²) in [5.41, 5.74) is 0. The summed E-state index contributed by atoms with van der Waals surface area (Å²) in [6.45, 7) is 3.55. The van der Waals surface area contributed by atoms with Crippen LogP contribution >= 0.6 is 0 Å². The number of hydrogen-bond acceptors (Lipinski definition) is 2. The van der Waals surface area contributed by atoms with Crippen LogP contribution in [0.3, 0.4) is 0 Å². The van der Waals surface area contributed by atoms with Gasteiger partial charge in [0.1, 0.15) is 11.9 Å². The minimum atomic E-state index is -0.171. The molecule has 1 aliphatic heterocycles. The second-order valence-corrected chi connectivity index (χ2v) is 1.88. The fraction of sp³-hybridized carbons (Fsp3) is 0.600. The number of amidine groups is 1. The Morgan fingerprint density at radius 3 is 2.50 bits per heavy atom. The molecule has 0 radical (unpaired) electrons. The molecule has 1 amide bonds. The maximum absolute atomic E-state index is 10.6. The zero-order chi connectivity index (χ0) is 6.15. The van der Waals surface area contributed by atoms with Crippen LogP contribution < -0.4 is 5.32 Å². The Balaban J connectivity index is 2.69. The van der Waals surface area contributed by atoms with Gasteiger partial charge < -0.3 is 5.32 Å². The number of rotatable bonds is 0. The maximum Gasteiger partial charge on any atom is 0.249 e. The van der Waals surface area contributed by atoms with Gasteiger partial charge in [-0.1, -0.05) is 0 Å². The first kappa shape index (κ1) is 5.28. The molecule has 44 valence electrons. The molecule has 0 saturated heterocycles. The summed E-state index contributed by atoms with van der Waals surface area (Å²) in [6.07, 6.45) is 0. The first-order valence-electron chi connectivity index (χ1n) is 2.55. The highest BCUT2D eigenvalue weighted by Crippen LogP contribution is 1.96. The third kappa shape index (κ3) is 0.710. The van der Waals surface area contributed by atoms with Crippen LogP contribution in [-0.4, -0.2) is 17.8 Å². The molecule has 1 rings (SSSR count). The monoisotopic (exact) mass is 112 g/mol. The molecule has 1 N–H and O–H groups in total. The van der Waals surface area contributed by atoms with Gasteiger partial charge in [-0.3, -0.25) is 9.79 Å². The summed E-state index contributed by atoms with van der Waals surface area (Å²) >= 11 is 0. The zero-order valence-corrected chi connectivity index (χ0v) is 4.93. The standard InChI is InChI=1S/C5H8N2O/c1-3-5(8)7-4(2)6-3/h3H,1-2H3,(H,6,7,8). The topological polar surface area (TPSA) is 41.5 Å². The van der Waals surface area contributed by atoms with E-state index in [1.165, 1.54) is 0 Å². The number of aliphatic imine (C=N–C) groups is 1. The number of nitrogens with one attached hydrogen (secondary N) is 1. The van der Waals surface area contributed by atoms with E-state index in [0.29, 0.717) is 0 Å². The first-order valence-corrected chi connectivity index (χ1v) is 2.55. The minimum absolute atomic E-state index is 0.00231. The third-order valence-corrected chi connectivity index (χ3v) is 1.07. The first-order chi connectivity index (χ1) is 3.70. The molecule has 8 heavy (non-hydrogen) atoms. The lowest BCUT2D eigenvalue weighted by Crippen LogP contribution is -2.25. The van der Waals surface area contributed by atoms with Gasteiger partial charge in [0.05, 0.1) is 0 Å². The number of carbonyl (C=O) groups excluding carboxylic acids is 1. The van der Waals surface area contributed by atoms with Crippen LogP contribution in [0.2, 0.25) is 0 Å². The molecular weight excluding hydrogens is 104 g/mol. The van der Waals surface area contributed by atoms with Crippen molar-refractivity contribution in [1.29, 1.82) is 0 Å². The Labute approximate surface area is 47.8 Å². The van der Waals surface area contributed by atoms with Crippen molar-refractivity contribution < 1.29 is 4.79 Å². The van der Waals surface area contributed by atoms with E-state index in [1.807, 2.05) is 0 Å². The molecule has 1 unspecified atom stereocenters. The predicted octanol–water partition coefficient (Wildman–Crippen LogP) is -0.0769. The quantitative estimate of drug-likeness (QED) is 0.468. The number of nitrogens with zero attached hydrogens (tertiary/aromatic N) is 1. The molecule has 0 saturated carbocycles. The molecular formula is C5H8N2O. The van der Waals surface area contributed by atoms with Gasteiger partial charge in [0, 0.05) is 0 Å². The van der Waals surface area contributed by atoms with Crippen LogP contribution in [0.15, 0.2) is 4.99 Å². The van der Waals surface area contributed by atoms with Gasteiger partial charge in [-0.25, -0.2) is 0 Å². The molecule has 0 aliphatic carbocycles. The van der Waals surface area contributed by atoms with E-state index in [-0.39, 0.29) is 11.9 Å². The van der Waals surface area contributed by atoms with Crippen molar-refractivity contribution in [3.8, 4) is 0 Å². The van der Waals surface area contributed by atoms with E-state index in [0.717, 1.165) is 5.84 Å². The van der Waals surface area contributed by atoms with Crippen molar-refractivity contribution >= 4 is 11.7 Å². The van der Waals surface area contributed by atoms with E-state index < -0.39 is 0 Å². The Morgan fingerprint density at radius 2 is 2.38 bits per heavy atom. The van der Waals surface area contributed by atoms with E-state index >= 15 is 0 Å². The van der Waals surface area contributed by atoms with Crippen molar-refractivity contribution in [2.24, 2.45) is 4.99 Å². The Morgan fingerprint density at radius 1 is 1.75 bits per heavy atom. The van der Waals surface area contributed by atoms with Gasteiger partial charge in [0.15, 0.2) is 0 Å². The van der Waals surface area contributed by atoms with Crippen LogP contribution in [0.1, 0.15) is 13.8 Å². The molecule has 3 nitrogen and oxygen atoms in total. The molecule has 0 bridgehead atoms. The largest absolute Gasteiger partial charge is 0.313 e. The van der Waals surface area contributed by atoms with Crippen LogP contribution in [0.4, 0.5) is 0 Å². The second kappa shape index (κ2) is 1.58. The molecule has 1 atom stereocenters. The van der Waals surface area contributed by atoms with Gasteiger partial charge >= 0.3 is 0 Å². The molecule has 3 heteroatoms. The van der Waals surface area contributed by atoms with Crippen LogP contribution in [0.25, 0.3) is 0 Å². The van der Waals surface area contributed by atoms with Gasteiger partial charge in [0.25, 0.3) is 0 Å². The summed E-state index contributed by atoms with van der Waals surface area (Å²) in [4.78, 5) is 14.5. The Hall–Kier alpha value is -0.860. The fourth-order valence-corrected chi connectivity index (χ4v) is 0.664. The van der Waals surface area contributed by atoms with Crippen molar-refractivity contribution in [3.05, 3.63) is 0 Å². The molecule has 0 aromatic rings. The van der Waals surface area contributed by atoms with E-state index in [4.69, 9.17) is 0 Å². The molecule has 0 fully saturated rings. The summed E-state index contributed by atoms with van der Waals surface area (Å²) in [5.74, 6) is 0.727. The molecule has 0 aromatic heterocycles. The normalized spacial score (nSPS) is 27.5. The van der Waals surface area contributed by atoms with Crippen molar-refractivity contribution in [2.75, 3.05) is 0 Å². The summed E-state index contributed by atoms with van der Waals surface area (Å²) in [6, 6.07) is -0.171. The van der Waals surface area contributed by atoms with Crippen molar-refractivity contribution in [1.82, 2.24) is 5.32 Å². The van der Waals surface area contributed by atoms with Crippen molar-refractivity contribution in [3.63, 3.8) is 0 Å². The Bertz CT molecular complexity index is 151. The summed E-state index contributed by atoms with van der Waals surface area (Å²) in [5, 5.41) is 2.58. The highest BCUT2D eigenvalue weighted by atomic mass is 16.2. The molecule has 0 spiro atoms. The Kier molecular flexibility index (Phi) is 1.04. The van der Waals surface area contributed by atoms with Crippen LogP contribution in [0, 0.1) is 0 Å². The number of hydrogen-bond donors (Lipinski definition) is 1. The lowest BCUT2D eigenvalue weighted by atomic mass is 10.4. The van der Waals surface area contributed by atoms with Crippen LogP contribution in [-0.2, 0) is 4.79 Å². The number of amides is 1. The maximum atomic E-state index is 10.6. The molecule has 1 heterocycles. The lowest BCUT2D eigenvalue weighted by molar-refractivity contribution is -0.119. The van der Waals surface area contributed by atoms with Crippen LogP contribution in [0.5, 0.6) is 0 Å². The van der Waals surface area contributed by atoms with Gasteiger partial charge in [-0.2, -0.15) is 0 Å². The SMILES string of the molecule is CC1=NC(C)C(=O)N1. The summed E-state index contributed by atoms with van der Waals surface area (Å²) < 4.78 is 0. The predicted molar refractivity (Wildman–Crippen MR) is 30.7 cm³/mol. The van der Waals surface area contributed by atoms with E-state index in [2.05, 4.69) is 10.3 Å². The highest BCUT2D eigenvalue weighted by molar-refractivity contribution is 6.04. The molecule has 1 aliphatic rings. The number of carbonyl (C=O) groups is 1. The van der Waals surface area contributed by atoms with E-state index in [1.54, 1.807) is 13.8 Å². The summed E-state index contributed by atoms with van der Waals surface area (Å²) in [7, 11) is 0. The van der Waals surface area contributed by atoms with Gasteiger partial charge in [-0.05, 0) is 13.8 Å². The fourth-order valence-electron chi connectivity index (χ4n) is 0.664. The lowest BCUT2D eigenvalue weighted by Gasteiger charge is -1.89. The minimum Gasteiger partial charge on any atom is -0.313 e. The van der Waals surface area contributed by atoms with Gasteiger partial charge in [-0.15, -0.1) is 0 Å². The zero-order valence-electron chi connectivity index (χ0n) is 4.93. The van der Waals surface area contributed by atoms with E-state index in [9.17, 15) is 4.79 Å².